The van der Waals surface area contributed by atoms with Gasteiger partial charge < -0.3 is 9.88 Å². The van der Waals surface area contributed by atoms with Crippen LogP contribution in [0.2, 0.25) is 0 Å². The minimum atomic E-state index is -0.195. The summed E-state index contributed by atoms with van der Waals surface area (Å²) in [7, 11) is 0. The Labute approximate surface area is 148 Å². The Hall–Kier alpha value is -2.41. The molecular weight excluding hydrogens is 370 g/mol. The molecule has 24 heavy (non-hydrogen) atoms. The highest BCUT2D eigenvalue weighted by Crippen LogP contribution is 2.18. The maximum absolute atomic E-state index is 12.8. The maximum atomic E-state index is 12.8. The number of nitrogens with zero attached hydrogens (tertiary/aromatic N) is 4. The quantitative estimate of drug-likeness (QED) is 0.706. The molecule has 1 N–H and O–H groups in total. The lowest BCUT2D eigenvalue weighted by Crippen LogP contribution is -2.32. The third-order valence-corrected chi connectivity index (χ3v) is 4.21. The molecule has 0 spiro atoms. The number of hydrogen-bond acceptors (Lipinski definition) is 3. The second-order valence-corrected chi connectivity index (χ2v) is 6.30. The average Bonchev–Trinajstić information content (AvgIpc) is 3.24. The van der Waals surface area contributed by atoms with Crippen molar-refractivity contribution in [2.24, 2.45) is 0 Å². The lowest BCUT2D eigenvalue weighted by Gasteiger charge is -2.19. The standard InChI is InChI=1S/C17H18BrN5O/c1-2-22-9-14(18)8-16(22)17(24)21-15(10-23-12-19-11-20-23)13-6-4-3-5-7-13/h3-9,11-12,15H,2,10H2,1H3,(H,21,24). The number of halogens is 1. The van der Waals surface area contributed by atoms with Gasteiger partial charge in [0.2, 0.25) is 0 Å². The third kappa shape index (κ3) is 3.73. The molecule has 1 aromatic carbocycles. The Morgan fingerprint density at radius 2 is 2.12 bits per heavy atom. The van der Waals surface area contributed by atoms with Crippen LogP contribution in [0.4, 0.5) is 0 Å². The highest BCUT2D eigenvalue weighted by atomic mass is 79.9. The zero-order valence-electron chi connectivity index (χ0n) is 13.3. The molecule has 0 fully saturated rings. The van der Waals surface area contributed by atoms with Crippen LogP contribution < -0.4 is 5.32 Å². The van der Waals surface area contributed by atoms with Crippen molar-refractivity contribution in [3.8, 4) is 0 Å². The average molecular weight is 388 g/mol. The van der Waals surface area contributed by atoms with E-state index in [-0.39, 0.29) is 11.9 Å². The van der Waals surface area contributed by atoms with E-state index in [1.807, 2.05) is 54.1 Å². The molecule has 124 valence electrons. The van der Waals surface area contributed by atoms with E-state index in [1.165, 1.54) is 6.33 Å². The fourth-order valence-electron chi connectivity index (χ4n) is 2.59. The highest BCUT2D eigenvalue weighted by molar-refractivity contribution is 9.10. The molecule has 6 nitrogen and oxygen atoms in total. The zero-order valence-corrected chi connectivity index (χ0v) is 14.8. The SMILES string of the molecule is CCn1cc(Br)cc1C(=O)NC(Cn1cncn1)c1ccccc1. The Balaban J connectivity index is 1.84. The van der Waals surface area contributed by atoms with E-state index in [1.54, 1.807) is 11.0 Å². The van der Waals surface area contributed by atoms with Gasteiger partial charge in [-0.1, -0.05) is 30.3 Å². The first-order valence-electron chi connectivity index (χ1n) is 7.71. The topological polar surface area (TPSA) is 64.7 Å². The normalized spacial score (nSPS) is 12.1. The van der Waals surface area contributed by atoms with Gasteiger partial charge in [-0.15, -0.1) is 0 Å². The molecule has 1 amide bonds. The molecule has 0 aliphatic carbocycles. The minimum Gasteiger partial charge on any atom is -0.343 e. The number of carbonyl (C=O) groups is 1. The molecule has 7 heteroatoms. The van der Waals surface area contributed by atoms with Crippen LogP contribution in [-0.2, 0) is 13.1 Å². The fraction of sp³-hybridized carbons (Fsp3) is 0.235. The molecule has 0 radical (unpaired) electrons. The third-order valence-electron chi connectivity index (χ3n) is 3.78. The van der Waals surface area contributed by atoms with Crippen molar-refractivity contribution in [2.75, 3.05) is 0 Å². The minimum absolute atomic E-state index is 0.114. The monoisotopic (exact) mass is 387 g/mol. The van der Waals surface area contributed by atoms with E-state index in [4.69, 9.17) is 0 Å². The molecule has 3 aromatic rings. The van der Waals surface area contributed by atoms with Crippen LogP contribution >= 0.6 is 15.9 Å². The number of amides is 1. The van der Waals surface area contributed by atoms with E-state index < -0.39 is 0 Å². The van der Waals surface area contributed by atoms with Crippen LogP contribution in [0, 0.1) is 0 Å². The van der Waals surface area contributed by atoms with E-state index in [9.17, 15) is 4.79 Å². The molecule has 0 bridgehead atoms. The summed E-state index contributed by atoms with van der Waals surface area (Å²) in [6, 6.07) is 11.5. The van der Waals surface area contributed by atoms with Crippen molar-refractivity contribution in [3.05, 3.63) is 71.0 Å². The van der Waals surface area contributed by atoms with Crippen LogP contribution in [0.1, 0.15) is 29.0 Å². The smallest absolute Gasteiger partial charge is 0.268 e. The highest BCUT2D eigenvalue weighted by Gasteiger charge is 2.19. The molecule has 0 saturated heterocycles. The van der Waals surface area contributed by atoms with Crippen LogP contribution in [0.3, 0.4) is 0 Å². The number of hydrogen-bond donors (Lipinski definition) is 1. The van der Waals surface area contributed by atoms with Crippen LogP contribution in [-0.4, -0.2) is 25.2 Å². The van der Waals surface area contributed by atoms with Gasteiger partial charge in [-0.3, -0.25) is 9.48 Å². The Morgan fingerprint density at radius 3 is 2.79 bits per heavy atom. The number of aromatic nitrogens is 4. The molecule has 0 aliphatic heterocycles. The zero-order chi connectivity index (χ0) is 16.9. The largest absolute Gasteiger partial charge is 0.343 e. The predicted molar refractivity (Wildman–Crippen MR) is 94.5 cm³/mol. The van der Waals surface area contributed by atoms with Gasteiger partial charge in [0.25, 0.3) is 5.91 Å². The summed E-state index contributed by atoms with van der Waals surface area (Å²) in [5.41, 5.74) is 1.65. The molecule has 2 aromatic heterocycles. The number of rotatable bonds is 6. The summed E-state index contributed by atoms with van der Waals surface area (Å²) < 4.78 is 4.52. The fourth-order valence-corrected chi connectivity index (χ4v) is 3.06. The van der Waals surface area contributed by atoms with Gasteiger partial charge in [-0.2, -0.15) is 5.10 Å². The molecule has 1 atom stereocenters. The summed E-state index contributed by atoms with van der Waals surface area (Å²) in [5, 5.41) is 7.25. The summed E-state index contributed by atoms with van der Waals surface area (Å²) in [6.45, 7) is 3.25. The van der Waals surface area contributed by atoms with E-state index in [0.29, 0.717) is 12.2 Å². The summed E-state index contributed by atoms with van der Waals surface area (Å²) in [5.74, 6) is -0.114. The number of carbonyl (C=O) groups excluding carboxylic acids is 1. The van der Waals surface area contributed by atoms with Crippen LogP contribution in [0.25, 0.3) is 0 Å². The van der Waals surface area contributed by atoms with E-state index >= 15 is 0 Å². The van der Waals surface area contributed by atoms with Crippen molar-refractivity contribution < 1.29 is 4.79 Å². The summed E-state index contributed by atoms with van der Waals surface area (Å²) >= 11 is 3.43. The number of aryl methyl sites for hydroxylation is 1. The first kappa shape index (κ1) is 16.4. The van der Waals surface area contributed by atoms with Gasteiger partial charge in [-0.25, -0.2) is 4.98 Å². The summed E-state index contributed by atoms with van der Waals surface area (Å²) in [6.07, 6.45) is 5.04. The molecule has 2 heterocycles. The first-order valence-corrected chi connectivity index (χ1v) is 8.50. The Kier molecular flexibility index (Phi) is 5.10. The van der Waals surface area contributed by atoms with Crippen LogP contribution in [0.5, 0.6) is 0 Å². The van der Waals surface area contributed by atoms with Crippen molar-refractivity contribution in [3.63, 3.8) is 0 Å². The van der Waals surface area contributed by atoms with Gasteiger partial charge >= 0.3 is 0 Å². The maximum Gasteiger partial charge on any atom is 0.268 e. The van der Waals surface area contributed by atoms with Crippen LogP contribution in [0.15, 0.2) is 59.7 Å². The molecule has 0 aliphatic rings. The predicted octanol–water partition coefficient (Wildman–Crippen LogP) is 3.03. The molecule has 0 saturated carbocycles. The van der Waals surface area contributed by atoms with Gasteiger partial charge in [-0.05, 0) is 34.5 Å². The second-order valence-electron chi connectivity index (χ2n) is 5.38. The Morgan fingerprint density at radius 1 is 1.33 bits per heavy atom. The van der Waals surface area contributed by atoms with Gasteiger partial charge in [0.1, 0.15) is 18.3 Å². The summed E-state index contributed by atoms with van der Waals surface area (Å²) in [4.78, 5) is 16.7. The van der Waals surface area contributed by atoms with E-state index in [0.717, 1.165) is 16.6 Å². The molecular formula is C17H18BrN5O. The van der Waals surface area contributed by atoms with Crippen molar-refractivity contribution in [1.82, 2.24) is 24.6 Å². The lowest BCUT2D eigenvalue weighted by atomic mass is 10.1. The van der Waals surface area contributed by atoms with Crippen molar-refractivity contribution >= 4 is 21.8 Å². The van der Waals surface area contributed by atoms with Crippen molar-refractivity contribution in [1.29, 1.82) is 0 Å². The van der Waals surface area contributed by atoms with Gasteiger partial charge in [0, 0.05) is 17.2 Å². The first-order chi connectivity index (χ1) is 11.7. The Bertz CT molecular complexity index is 798. The second kappa shape index (κ2) is 7.44. The lowest BCUT2D eigenvalue weighted by molar-refractivity contribution is 0.0922. The number of benzene rings is 1. The van der Waals surface area contributed by atoms with Gasteiger partial charge in [0.05, 0.1) is 12.6 Å². The molecule has 3 rings (SSSR count). The number of nitrogens with one attached hydrogen (secondary N) is 1. The van der Waals surface area contributed by atoms with Gasteiger partial charge in [0.15, 0.2) is 0 Å². The van der Waals surface area contributed by atoms with Crippen molar-refractivity contribution in [2.45, 2.75) is 26.1 Å². The molecule has 1 unspecified atom stereocenters. The van der Waals surface area contributed by atoms with E-state index in [2.05, 4.69) is 31.3 Å².